The van der Waals surface area contributed by atoms with Crippen LogP contribution in [0.2, 0.25) is 5.02 Å². The molecule has 0 bridgehead atoms. The molecule has 2 amide bonds. The van der Waals surface area contributed by atoms with Crippen LogP contribution < -0.4 is 19.7 Å². The summed E-state index contributed by atoms with van der Waals surface area (Å²) in [5.74, 6) is 0.835. The van der Waals surface area contributed by atoms with Crippen molar-refractivity contribution in [1.82, 2.24) is 10.3 Å². The van der Waals surface area contributed by atoms with Gasteiger partial charge in [0, 0.05) is 23.3 Å². The zero-order chi connectivity index (χ0) is 24.1. The SMILES string of the molecule is COc1cccc(CNC(=O)CN2C(=O)CC(c3ccc(Cl)cc3)=Nc3cccnc32)c1OC. The van der Waals surface area contributed by atoms with Crippen LogP contribution in [0.25, 0.3) is 0 Å². The van der Waals surface area contributed by atoms with Crippen LogP contribution >= 0.6 is 11.6 Å². The number of fused-ring (bicyclic) bond motifs is 1. The molecular weight excluding hydrogens is 456 g/mol. The highest BCUT2D eigenvalue weighted by Crippen LogP contribution is 2.32. The van der Waals surface area contributed by atoms with Gasteiger partial charge in [0.25, 0.3) is 0 Å². The van der Waals surface area contributed by atoms with Crippen molar-refractivity contribution in [3.8, 4) is 11.5 Å². The number of methoxy groups -OCH3 is 2. The molecule has 1 aromatic heterocycles. The van der Waals surface area contributed by atoms with Gasteiger partial charge in [-0.1, -0.05) is 35.9 Å². The molecule has 0 saturated heterocycles. The summed E-state index contributed by atoms with van der Waals surface area (Å²) in [4.78, 5) is 36.4. The lowest BCUT2D eigenvalue weighted by Gasteiger charge is -2.21. The summed E-state index contributed by atoms with van der Waals surface area (Å²) in [5.41, 5.74) is 2.63. The molecule has 0 atom stereocenters. The lowest BCUT2D eigenvalue weighted by atomic mass is 10.1. The Morgan fingerprint density at radius 3 is 2.62 bits per heavy atom. The lowest BCUT2D eigenvalue weighted by Crippen LogP contribution is -2.41. The zero-order valence-corrected chi connectivity index (χ0v) is 19.5. The van der Waals surface area contributed by atoms with Crippen LogP contribution in [0.15, 0.2) is 65.8 Å². The van der Waals surface area contributed by atoms with E-state index < -0.39 is 0 Å². The first-order chi connectivity index (χ1) is 16.5. The first kappa shape index (κ1) is 23.3. The van der Waals surface area contributed by atoms with Crippen LogP contribution in [0, 0.1) is 0 Å². The number of nitrogens with zero attached hydrogens (tertiary/aromatic N) is 3. The molecule has 8 nitrogen and oxygen atoms in total. The maximum atomic E-state index is 13.2. The Labute approximate surface area is 202 Å². The number of para-hydroxylation sites is 1. The summed E-state index contributed by atoms with van der Waals surface area (Å²) >= 11 is 6.00. The van der Waals surface area contributed by atoms with Crippen molar-refractivity contribution in [2.24, 2.45) is 4.99 Å². The van der Waals surface area contributed by atoms with E-state index in [0.29, 0.717) is 33.7 Å². The fraction of sp³-hybridized carbons (Fsp3) is 0.200. The molecule has 0 aliphatic carbocycles. The molecule has 9 heteroatoms. The van der Waals surface area contributed by atoms with Crippen LogP contribution in [0.4, 0.5) is 11.5 Å². The number of hydrogen-bond acceptors (Lipinski definition) is 6. The van der Waals surface area contributed by atoms with Crippen molar-refractivity contribution in [3.05, 3.63) is 76.9 Å². The van der Waals surface area contributed by atoms with Crippen LogP contribution in [-0.4, -0.2) is 43.3 Å². The second-order valence-electron chi connectivity index (χ2n) is 7.50. The van der Waals surface area contributed by atoms with E-state index in [9.17, 15) is 9.59 Å². The zero-order valence-electron chi connectivity index (χ0n) is 18.7. The van der Waals surface area contributed by atoms with Crippen molar-refractivity contribution in [2.45, 2.75) is 13.0 Å². The third kappa shape index (κ3) is 5.02. The normalized spacial score (nSPS) is 13.0. The average Bonchev–Trinajstić information content (AvgIpc) is 2.99. The molecule has 174 valence electrons. The smallest absolute Gasteiger partial charge is 0.240 e. The molecule has 0 unspecified atom stereocenters. The summed E-state index contributed by atoms with van der Waals surface area (Å²) in [6, 6.07) is 16.1. The minimum Gasteiger partial charge on any atom is -0.493 e. The van der Waals surface area contributed by atoms with Gasteiger partial charge in [0.2, 0.25) is 11.8 Å². The Morgan fingerprint density at radius 1 is 1.09 bits per heavy atom. The number of benzene rings is 2. The first-order valence-corrected chi connectivity index (χ1v) is 10.9. The molecule has 0 fully saturated rings. The highest BCUT2D eigenvalue weighted by Gasteiger charge is 2.27. The standard InChI is InChI=1S/C25H23ClN4O4/c1-33-21-7-3-5-17(24(21)34-2)14-28-22(31)15-30-23(32)13-20(16-8-10-18(26)11-9-16)29-19-6-4-12-27-25(19)30/h3-12H,13-15H2,1-2H3,(H,28,31). The maximum Gasteiger partial charge on any atom is 0.240 e. The molecule has 2 aromatic carbocycles. The van der Waals surface area contributed by atoms with Crippen LogP contribution in [0.5, 0.6) is 11.5 Å². The molecular formula is C25H23ClN4O4. The van der Waals surface area contributed by atoms with Crippen molar-refractivity contribution < 1.29 is 19.1 Å². The van der Waals surface area contributed by atoms with Crippen LogP contribution in [0.3, 0.4) is 0 Å². The van der Waals surface area contributed by atoms with E-state index in [4.69, 9.17) is 21.1 Å². The summed E-state index contributed by atoms with van der Waals surface area (Å²) in [6.07, 6.45) is 1.59. The third-order valence-corrected chi connectivity index (χ3v) is 5.59. The van der Waals surface area contributed by atoms with E-state index in [1.54, 1.807) is 50.7 Å². The molecule has 2 heterocycles. The second kappa shape index (κ2) is 10.4. The van der Waals surface area contributed by atoms with Gasteiger partial charge in [0.05, 0.1) is 26.4 Å². The van der Waals surface area contributed by atoms with E-state index in [1.165, 1.54) is 4.90 Å². The van der Waals surface area contributed by atoms with E-state index in [-0.39, 0.29) is 31.3 Å². The van der Waals surface area contributed by atoms with Crippen LogP contribution in [0.1, 0.15) is 17.5 Å². The number of aliphatic imine (C=N–C) groups is 1. The van der Waals surface area contributed by atoms with Crippen LogP contribution in [-0.2, 0) is 16.1 Å². The Kier molecular flexibility index (Phi) is 7.08. The summed E-state index contributed by atoms with van der Waals surface area (Å²) in [5, 5.41) is 3.44. The number of amides is 2. The first-order valence-electron chi connectivity index (χ1n) is 10.6. The topological polar surface area (TPSA) is 93.1 Å². The Balaban J connectivity index is 1.53. The molecule has 1 N–H and O–H groups in total. The fourth-order valence-corrected chi connectivity index (χ4v) is 3.81. The molecule has 3 aromatic rings. The summed E-state index contributed by atoms with van der Waals surface area (Å²) in [6.45, 7) is 0.0153. The monoisotopic (exact) mass is 478 g/mol. The number of anilines is 1. The number of halogens is 1. The number of aromatic nitrogens is 1. The van der Waals surface area contributed by atoms with E-state index in [2.05, 4.69) is 15.3 Å². The highest BCUT2D eigenvalue weighted by molar-refractivity contribution is 6.30. The fourth-order valence-electron chi connectivity index (χ4n) is 3.68. The predicted molar refractivity (Wildman–Crippen MR) is 130 cm³/mol. The van der Waals surface area contributed by atoms with E-state index >= 15 is 0 Å². The summed E-state index contributed by atoms with van der Waals surface area (Å²) in [7, 11) is 3.09. The van der Waals surface area contributed by atoms with Gasteiger partial charge in [-0.15, -0.1) is 0 Å². The van der Waals surface area contributed by atoms with Gasteiger partial charge in [-0.3, -0.25) is 14.5 Å². The predicted octanol–water partition coefficient (Wildman–Crippen LogP) is 3.93. The van der Waals surface area contributed by atoms with Crippen molar-refractivity contribution >= 4 is 40.6 Å². The maximum absolute atomic E-state index is 13.2. The van der Waals surface area contributed by atoms with E-state index in [1.807, 2.05) is 24.3 Å². The molecule has 34 heavy (non-hydrogen) atoms. The van der Waals surface area contributed by atoms with Gasteiger partial charge in [0.15, 0.2) is 17.3 Å². The Bertz CT molecular complexity index is 1240. The van der Waals surface area contributed by atoms with Gasteiger partial charge in [-0.2, -0.15) is 0 Å². The van der Waals surface area contributed by atoms with Gasteiger partial charge in [-0.25, -0.2) is 9.98 Å². The highest BCUT2D eigenvalue weighted by atomic mass is 35.5. The second-order valence-corrected chi connectivity index (χ2v) is 7.93. The van der Waals surface area contributed by atoms with Gasteiger partial charge in [-0.05, 0) is 35.9 Å². The molecule has 0 spiro atoms. The number of rotatable bonds is 7. The Hall–Kier alpha value is -3.91. The van der Waals surface area contributed by atoms with Gasteiger partial charge < -0.3 is 14.8 Å². The number of carbonyl (C=O) groups excluding carboxylic acids is 2. The molecule has 1 aliphatic heterocycles. The summed E-state index contributed by atoms with van der Waals surface area (Å²) < 4.78 is 10.7. The van der Waals surface area contributed by atoms with Crippen molar-refractivity contribution in [1.29, 1.82) is 0 Å². The van der Waals surface area contributed by atoms with Gasteiger partial charge in [0.1, 0.15) is 12.2 Å². The molecule has 0 saturated carbocycles. The third-order valence-electron chi connectivity index (χ3n) is 5.34. The largest absolute Gasteiger partial charge is 0.493 e. The average molecular weight is 479 g/mol. The number of pyridine rings is 1. The molecule has 4 rings (SSSR count). The lowest BCUT2D eigenvalue weighted by molar-refractivity contribution is -0.123. The Morgan fingerprint density at radius 2 is 1.88 bits per heavy atom. The number of carbonyl (C=O) groups is 2. The van der Waals surface area contributed by atoms with Gasteiger partial charge >= 0.3 is 0 Å². The molecule has 0 radical (unpaired) electrons. The minimum atomic E-state index is -0.343. The van der Waals surface area contributed by atoms with E-state index in [0.717, 1.165) is 11.1 Å². The quantitative estimate of drug-likeness (QED) is 0.555. The minimum absolute atomic E-state index is 0.0228. The molecule has 1 aliphatic rings. The number of hydrogen-bond donors (Lipinski definition) is 1. The number of nitrogens with one attached hydrogen (secondary N) is 1. The van der Waals surface area contributed by atoms with Crippen molar-refractivity contribution in [3.63, 3.8) is 0 Å². The van der Waals surface area contributed by atoms with Crippen molar-refractivity contribution in [2.75, 3.05) is 25.7 Å². The number of ether oxygens (including phenoxy) is 2.